The monoisotopic (exact) mass is 509 g/mol. The molecule has 1 heterocycles. The van der Waals surface area contributed by atoms with Crippen LogP contribution in [0.25, 0.3) is 10.9 Å². The number of Topliss-reactive ketones (excluding diaryl/α,β-unsaturated/α-hetero) is 1. The highest BCUT2D eigenvalue weighted by atomic mass is 31.2. The Kier molecular flexibility index (Phi) is 6.65. The van der Waals surface area contributed by atoms with E-state index >= 15 is 0 Å². The minimum absolute atomic E-state index is 0.0435. The lowest BCUT2D eigenvalue weighted by atomic mass is 10.2. The highest BCUT2D eigenvalue weighted by molar-refractivity contribution is 7.95. The van der Waals surface area contributed by atoms with E-state index in [4.69, 9.17) is 0 Å². The van der Waals surface area contributed by atoms with Crippen LogP contribution < -0.4 is 15.9 Å². The van der Waals surface area contributed by atoms with Gasteiger partial charge in [-0.05, 0) is 46.3 Å². The van der Waals surface area contributed by atoms with Crippen LogP contribution in [-0.4, -0.2) is 16.1 Å². The van der Waals surface area contributed by atoms with Gasteiger partial charge in [0.15, 0.2) is 0 Å². The molecule has 0 radical (unpaired) electrons. The van der Waals surface area contributed by atoms with Gasteiger partial charge in [0.2, 0.25) is 5.78 Å². The van der Waals surface area contributed by atoms with E-state index in [0.717, 1.165) is 32.4 Å². The van der Waals surface area contributed by atoms with Crippen molar-refractivity contribution in [2.45, 2.75) is 6.54 Å². The highest BCUT2D eigenvalue weighted by Crippen LogP contribution is 2.44. The fraction of sp³-hybridized carbons (Fsp3) is 0.0286. The van der Waals surface area contributed by atoms with Crippen LogP contribution in [0.4, 0.5) is 0 Å². The van der Waals surface area contributed by atoms with E-state index in [1.54, 1.807) is 0 Å². The van der Waals surface area contributed by atoms with E-state index in [9.17, 15) is 4.79 Å². The zero-order valence-corrected chi connectivity index (χ0v) is 21.9. The van der Waals surface area contributed by atoms with Crippen molar-refractivity contribution in [3.05, 3.63) is 163 Å². The van der Waals surface area contributed by atoms with Crippen molar-refractivity contribution in [2.75, 3.05) is 0 Å². The molecular formula is C35H28NOP. The summed E-state index contributed by atoms with van der Waals surface area (Å²) >= 11 is 0. The zero-order valence-electron chi connectivity index (χ0n) is 21.0. The van der Waals surface area contributed by atoms with E-state index in [1.807, 2.05) is 60.4 Å². The van der Waals surface area contributed by atoms with Gasteiger partial charge >= 0.3 is 0 Å². The van der Waals surface area contributed by atoms with Crippen LogP contribution in [0.2, 0.25) is 0 Å². The Labute approximate surface area is 223 Å². The predicted octanol–water partition coefficient (Wildman–Crippen LogP) is 6.67. The molecule has 1 aromatic heterocycles. The van der Waals surface area contributed by atoms with Gasteiger partial charge in [0.05, 0.1) is 5.69 Å². The normalized spacial score (nSPS) is 11.4. The number of ketones is 1. The summed E-state index contributed by atoms with van der Waals surface area (Å²) < 4.78 is 2.17. The van der Waals surface area contributed by atoms with Gasteiger partial charge in [0.25, 0.3) is 0 Å². The number of carbonyl (C=O) groups excluding carboxylic acids is 1. The summed E-state index contributed by atoms with van der Waals surface area (Å²) in [6.45, 7) is -1.77. The highest BCUT2D eigenvalue weighted by Gasteiger charge is 2.27. The van der Waals surface area contributed by atoms with E-state index in [1.165, 1.54) is 0 Å². The zero-order chi connectivity index (χ0) is 25.8. The van der Waals surface area contributed by atoms with Crippen LogP contribution >= 0.6 is 6.89 Å². The topological polar surface area (TPSA) is 22.0 Å². The predicted molar refractivity (Wildman–Crippen MR) is 163 cm³/mol. The first-order valence-corrected chi connectivity index (χ1v) is 14.7. The first kappa shape index (κ1) is 24.0. The van der Waals surface area contributed by atoms with Gasteiger partial charge in [0, 0.05) is 17.4 Å². The fourth-order valence-electron chi connectivity index (χ4n) is 5.25. The number of hydrogen-bond acceptors (Lipinski definition) is 1. The third kappa shape index (κ3) is 4.45. The SMILES string of the molecule is O=C(C=P(c1ccccc1)(c1ccccc1)c1ccccc1)c1cc2ccccc2n1Cc1ccccc1. The molecule has 6 aromatic rings. The molecule has 0 amide bonds. The first-order valence-electron chi connectivity index (χ1n) is 12.8. The summed E-state index contributed by atoms with van der Waals surface area (Å²) in [5.41, 5.74) is 2.94. The van der Waals surface area contributed by atoms with Crippen LogP contribution in [0.5, 0.6) is 0 Å². The Bertz CT molecular complexity index is 1630. The molecule has 2 nitrogen and oxygen atoms in total. The lowest BCUT2D eigenvalue weighted by molar-refractivity contribution is 0.106. The average Bonchev–Trinajstić information content (AvgIpc) is 3.36. The maximum atomic E-state index is 14.5. The van der Waals surface area contributed by atoms with Gasteiger partial charge in [-0.3, -0.25) is 4.79 Å². The van der Waals surface area contributed by atoms with Gasteiger partial charge in [-0.2, -0.15) is 0 Å². The summed E-state index contributed by atoms with van der Waals surface area (Å²) in [5, 5.41) is 4.56. The second kappa shape index (κ2) is 10.5. The summed E-state index contributed by atoms with van der Waals surface area (Å²) in [5.74, 6) is 2.07. The second-order valence-electron chi connectivity index (χ2n) is 9.38. The van der Waals surface area contributed by atoms with Crippen molar-refractivity contribution >= 4 is 45.3 Å². The van der Waals surface area contributed by atoms with Crippen molar-refractivity contribution in [3.63, 3.8) is 0 Å². The Balaban J connectivity index is 1.63. The molecule has 0 aliphatic carbocycles. The molecule has 0 unspecified atom stereocenters. The number of carbonyl (C=O) groups is 1. The Morgan fingerprint density at radius 1 is 0.579 bits per heavy atom. The number of hydrogen-bond donors (Lipinski definition) is 0. The van der Waals surface area contributed by atoms with E-state index in [0.29, 0.717) is 12.2 Å². The molecule has 38 heavy (non-hydrogen) atoms. The van der Waals surface area contributed by atoms with E-state index in [2.05, 4.69) is 102 Å². The smallest absolute Gasteiger partial charge is 0.203 e. The molecule has 6 rings (SSSR count). The number of nitrogens with zero attached hydrogens (tertiary/aromatic N) is 1. The number of aromatic nitrogens is 1. The quantitative estimate of drug-likeness (QED) is 0.174. The molecule has 0 N–H and O–H groups in total. The van der Waals surface area contributed by atoms with Gasteiger partial charge in [-0.25, -0.2) is 0 Å². The number of fused-ring (bicyclic) bond motifs is 1. The molecule has 3 heteroatoms. The van der Waals surface area contributed by atoms with Crippen molar-refractivity contribution < 1.29 is 4.79 Å². The van der Waals surface area contributed by atoms with E-state index in [-0.39, 0.29) is 5.78 Å². The van der Waals surface area contributed by atoms with Crippen LogP contribution in [0.3, 0.4) is 0 Å². The molecule has 0 saturated heterocycles. The van der Waals surface area contributed by atoms with Crippen LogP contribution in [0.1, 0.15) is 16.1 Å². The minimum atomic E-state index is -2.41. The molecular weight excluding hydrogens is 481 g/mol. The van der Waals surface area contributed by atoms with Crippen LogP contribution in [-0.2, 0) is 6.54 Å². The molecule has 0 saturated carbocycles. The van der Waals surface area contributed by atoms with Crippen molar-refractivity contribution in [1.29, 1.82) is 0 Å². The third-order valence-corrected chi connectivity index (χ3v) is 11.0. The summed E-state index contributed by atoms with van der Waals surface area (Å²) in [4.78, 5) is 14.5. The molecule has 0 spiro atoms. The van der Waals surface area contributed by atoms with Gasteiger partial charge in [-0.15, -0.1) is 0 Å². The molecule has 0 atom stereocenters. The minimum Gasteiger partial charge on any atom is -0.333 e. The Morgan fingerprint density at radius 2 is 1.03 bits per heavy atom. The summed E-state index contributed by atoms with van der Waals surface area (Å²) in [6, 6.07) is 52.2. The molecule has 0 aliphatic heterocycles. The second-order valence-corrected chi connectivity index (χ2v) is 12.6. The standard InChI is InChI=1S/C35H28NOP/c37-35(34-25-29-17-13-14-24-33(29)36(34)26-28-15-5-1-6-16-28)27-38(30-18-7-2-8-19-30,31-20-9-3-10-21-31)32-22-11-4-12-23-32/h1-25,27H,26H2. The average molecular weight is 510 g/mol. The lowest BCUT2D eigenvalue weighted by Crippen LogP contribution is -2.29. The molecule has 0 fully saturated rings. The van der Waals surface area contributed by atoms with Crippen molar-refractivity contribution in [3.8, 4) is 0 Å². The maximum absolute atomic E-state index is 14.5. The van der Waals surface area contributed by atoms with Crippen molar-refractivity contribution in [1.82, 2.24) is 4.57 Å². The van der Waals surface area contributed by atoms with E-state index < -0.39 is 6.89 Å². The summed E-state index contributed by atoms with van der Waals surface area (Å²) in [7, 11) is 0. The van der Waals surface area contributed by atoms with Crippen LogP contribution in [0, 0.1) is 0 Å². The molecule has 184 valence electrons. The first-order chi connectivity index (χ1) is 18.8. The molecule has 0 aliphatic rings. The fourth-order valence-corrected chi connectivity index (χ4v) is 9.01. The van der Waals surface area contributed by atoms with Crippen molar-refractivity contribution in [2.24, 2.45) is 0 Å². The third-order valence-electron chi connectivity index (χ3n) is 7.05. The largest absolute Gasteiger partial charge is 0.333 e. The van der Waals surface area contributed by atoms with Gasteiger partial charge < -0.3 is 4.57 Å². The Morgan fingerprint density at radius 3 is 1.55 bits per heavy atom. The number of benzene rings is 5. The number of rotatable bonds is 7. The van der Waals surface area contributed by atoms with Gasteiger partial charge in [-0.1, -0.05) is 140 Å². The van der Waals surface area contributed by atoms with Gasteiger partial charge in [0.1, 0.15) is 0 Å². The lowest BCUT2D eigenvalue weighted by Gasteiger charge is -2.28. The summed E-state index contributed by atoms with van der Waals surface area (Å²) in [6.07, 6.45) is 0. The molecule has 0 bridgehead atoms. The Hall–Kier alpha value is -4.39. The number of para-hydroxylation sites is 1. The molecule has 5 aromatic carbocycles. The van der Waals surface area contributed by atoms with Crippen LogP contribution in [0.15, 0.2) is 152 Å². The maximum Gasteiger partial charge on any atom is 0.203 e.